The molecule has 1 rings (SSSR count). The third-order valence-electron chi connectivity index (χ3n) is 3.16. The van der Waals surface area contributed by atoms with E-state index in [9.17, 15) is 0 Å². The van der Waals surface area contributed by atoms with Crippen molar-refractivity contribution in [1.29, 1.82) is 0 Å². The van der Waals surface area contributed by atoms with E-state index in [-0.39, 0.29) is 0 Å². The van der Waals surface area contributed by atoms with Crippen LogP contribution in [0.1, 0.15) is 31.9 Å². The van der Waals surface area contributed by atoms with E-state index in [1.165, 1.54) is 11.1 Å². The number of hydrogen-bond donors (Lipinski definition) is 1. The maximum absolute atomic E-state index is 5.76. The van der Waals surface area contributed by atoms with E-state index in [1.54, 1.807) is 0 Å². The zero-order valence-electron chi connectivity index (χ0n) is 11.7. The van der Waals surface area contributed by atoms with Crippen molar-refractivity contribution in [2.45, 2.75) is 40.7 Å². The van der Waals surface area contributed by atoms with Gasteiger partial charge in [-0.3, -0.25) is 0 Å². The normalized spacial score (nSPS) is 12.8. The maximum Gasteiger partial charge on any atom is 0.122 e. The molecule has 2 heteroatoms. The van der Waals surface area contributed by atoms with Gasteiger partial charge in [0, 0.05) is 12.6 Å². The third-order valence-corrected chi connectivity index (χ3v) is 3.16. The first kappa shape index (κ1) is 14.0. The molecule has 2 nitrogen and oxygen atoms in total. The Morgan fingerprint density at radius 1 is 1.18 bits per heavy atom. The number of ether oxygens (including phenoxy) is 1. The molecule has 0 aliphatic rings. The summed E-state index contributed by atoms with van der Waals surface area (Å²) < 4.78 is 5.76. The Kier molecular flexibility index (Phi) is 5.49. The number of benzene rings is 1. The van der Waals surface area contributed by atoms with Gasteiger partial charge < -0.3 is 10.1 Å². The summed E-state index contributed by atoms with van der Waals surface area (Å²) in [5, 5.41) is 3.46. The summed E-state index contributed by atoms with van der Waals surface area (Å²) in [6.45, 7) is 12.5. The fraction of sp³-hybridized carbons (Fsp3) is 0.600. The Morgan fingerprint density at radius 3 is 2.47 bits per heavy atom. The van der Waals surface area contributed by atoms with Gasteiger partial charge in [0.2, 0.25) is 0 Å². The Balaban J connectivity index is 2.31. The van der Waals surface area contributed by atoms with Crippen molar-refractivity contribution in [1.82, 2.24) is 5.32 Å². The predicted octanol–water partition coefficient (Wildman–Crippen LogP) is 3.32. The molecule has 0 spiro atoms. The van der Waals surface area contributed by atoms with Gasteiger partial charge in [0.25, 0.3) is 0 Å². The van der Waals surface area contributed by atoms with Crippen LogP contribution in [0, 0.1) is 19.8 Å². The standard InChI is InChI=1S/C15H25NO/c1-11(2)14(5)16-8-9-17-15-7-6-12(3)10-13(15)4/h6-7,10-11,14,16H,8-9H2,1-5H3. The lowest BCUT2D eigenvalue weighted by molar-refractivity contribution is 0.295. The van der Waals surface area contributed by atoms with Crippen LogP contribution in [0.5, 0.6) is 5.75 Å². The van der Waals surface area contributed by atoms with Crippen molar-refractivity contribution in [3.8, 4) is 5.75 Å². The van der Waals surface area contributed by atoms with Gasteiger partial charge >= 0.3 is 0 Å². The van der Waals surface area contributed by atoms with Crippen LogP contribution >= 0.6 is 0 Å². The van der Waals surface area contributed by atoms with E-state index in [0.717, 1.165) is 18.9 Å². The van der Waals surface area contributed by atoms with E-state index in [0.29, 0.717) is 12.0 Å². The number of rotatable bonds is 6. The first-order chi connectivity index (χ1) is 8.00. The van der Waals surface area contributed by atoms with Crippen LogP contribution in [0.25, 0.3) is 0 Å². The lowest BCUT2D eigenvalue weighted by atomic mass is 10.1. The predicted molar refractivity (Wildman–Crippen MR) is 73.7 cm³/mol. The van der Waals surface area contributed by atoms with Crippen LogP contribution in [-0.2, 0) is 0 Å². The summed E-state index contributed by atoms with van der Waals surface area (Å²) in [6.07, 6.45) is 0. The molecule has 0 bridgehead atoms. The summed E-state index contributed by atoms with van der Waals surface area (Å²) in [5.41, 5.74) is 2.49. The molecule has 1 aromatic rings. The van der Waals surface area contributed by atoms with Gasteiger partial charge in [-0.2, -0.15) is 0 Å². The molecule has 0 heterocycles. The van der Waals surface area contributed by atoms with Crippen LogP contribution in [-0.4, -0.2) is 19.2 Å². The molecule has 1 N–H and O–H groups in total. The van der Waals surface area contributed by atoms with Gasteiger partial charge in [0.15, 0.2) is 0 Å². The summed E-state index contributed by atoms with van der Waals surface area (Å²) in [4.78, 5) is 0. The van der Waals surface area contributed by atoms with Crippen molar-refractivity contribution >= 4 is 0 Å². The maximum atomic E-state index is 5.76. The highest BCUT2D eigenvalue weighted by atomic mass is 16.5. The number of aryl methyl sites for hydroxylation is 2. The van der Waals surface area contributed by atoms with Crippen LogP contribution in [0.2, 0.25) is 0 Å². The smallest absolute Gasteiger partial charge is 0.122 e. The summed E-state index contributed by atoms with van der Waals surface area (Å²) in [5.74, 6) is 1.66. The average Bonchev–Trinajstić information content (AvgIpc) is 2.26. The molecule has 17 heavy (non-hydrogen) atoms. The minimum atomic E-state index is 0.540. The van der Waals surface area contributed by atoms with Crippen molar-refractivity contribution in [2.24, 2.45) is 5.92 Å². The molecule has 0 aliphatic heterocycles. The topological polar surface area (TPSA) is 21.3 Å². The van der Waals surface area contributed by atoms with E-state index < -0.39 is 0 Å². The Hall–Kier alpha value is -1.02. The van der Waals surface area contributed by atoms with Crippen LogP contribution in [0.3, 0.4) is 0 Å². The Labute approximate surface area is 105 Å². The molecule has 0 amide bonds. The fourth-order valence-electron chi connectivity index (χ4n) is 1.64. The molecule has 0 saturated heterocycles. The lowest BCUT2D eigenvalue weighted by Crippen LogP contribution is -2.33. The highest BCUT2D eigenvalue weighted by molar-refractivity contribution is 5.35. The van der Waals surface area contributed by atoms with Gasteiger partial charge in [0.1, 0.15) is 12.4 Å². The van der Waals surface area contributed by atoms with Crippen LogP contribution in [0.4, 0.5) is 0 Å². The number of nitrogens with one attached hydrogen (secondary N) is 1. The van der Waals surface area contributed by atoms with E-state index in [1.807, 2.05) is 0 Å². The monoisotopic (exact) mass is 235 g/mol. The molecule has 1 atom stereocenters. The van der Waals surface area contributed by atoms with Gasteiger partial charge in [-0.1, -0.05) is 31.5 Å². The summed E-state index contributed by atoms with van der Waals surface area (Å²) in [7, 11) is 0. The lowest BCUT2D eigenvalue weighted by Gasteiger charge is -2.17. The number of hydrogen-bond acceptors (Lipinski definition) is 2. The summed E-state index contributed by atoms with van der Waals surface area (Å²) in [6, 6.07) is 6.83. The molecule has 0 radical (unpaired) electrons. The molecule has 0 fully saturated rings. The second kappa shape index (κ2) is 6.65. The van der Waals surface area contributed by atoms with E-state index >= 15 is 0 Å². The van der Waals surface area contributed by atoms with Crippen LogP contribution in [0.15, 0.2) is 18.2 Å². The molecule has 0 aromatic heterocycles. The molecule has 0 aliphatic carbocycles. The second-order valence-corrected chi connectivity index (χ2v) is 5.10. The van der Waals surface area contributed by atoms with E-state index in [4.69, 9.17) is 4.74 Å². The van der Waals surface area contributed by atoms with Crippen molar-refractivity contribution in [3.05, 3.63) is 29.3 Å². The quantitative estimate of drug-likeness (QED) is 0.764. The Bertz CT molecular complexity index is 347. The first-order valence-electron chi connectivity index (χ1n) is 6.44. The third kappa shape index (κ3) is 4.78. The summed E-state index contributed by atoms with van der Waals surface area (Å²) >= 11 is 0. The van der Waals surface area contributed by atoms with Gasteiger partial charge in [0.05, 0.1) is 0 Å². The minimum Gasteiger partial charge on any atom is -0.492 e. The largest absolute Gasteiger partial charge is 0.492 e. The van der Waals surface area contributed by atoms with E-state index in [2.05, 4.69) is 58.1 Å². The van der Waals surface area contributed by atoms with Gasteiger partial charge in [-0.05, 0) is 38.3 Å². The SMILES string of the molecule is Cc1ccc(OCCNC(C)C(C)C)c(C)c1. The second-order valence-electron chi connectivity index (χ2n) is 5.10. The molecule has 0 saturated carbocycles. The average molecular weight is 235 g/mol. The minimum absolute atomic E-state index is 0.540. The van der Waals surface area contributed by atoms with Gasteiger partial charge in [-0.15, -0.1) is 0 Å². The van der Waals surface area contributed by atoms with Crippen molar-refractivity contribution < 1.29 is 4.74 Å². The highest BCUT2D eigenvalue weighted by Gasteiger charge is 2.05. The fourth-order valence-corrected chi connectivity index (χ4v) is 1.64. The molecular formula is C15H25NO. The Morgan fingerprint density at radius 2 is 1.88 bits per heavy atom. The highest BCUT2D eigenvalue weighted by Crippen LogP contribution is 2.18. The van der Waals surface area contributed by atoms with Crippen molar-refractivity contribution in [3.63, 3.8) is 0 Å². The first-order valence-corrected chi connectivity index (χ1v) is 6.44. The molecule has 1 aromatic carbocycles. The van der Waals surface area contributed by atoms with Crippen LogP contribution < -0.4 is 10.1 Å². The van der Waals surface area contributed by atoms with Gasteiger partial charge in [-0.25, -0.2) is 0 Å². The molecular weight excluding hydrogens is 210 g/mol. The molecule has 1 unspecified atom stereocenters. The zero-order chi connectivity index (χ0) is 12.8. The molecule has 96 valence electrons. The van der Waals surface area contributed by atoms with Crippen molar-refractivity contribution in [2.75, 3.05) is 13.2 Å². The zero-order valence-corrected chi connectivity index (χ0v) is 11.7.